The maximum atomic E-state index is 13.6. The smallest absolute Gasteiger partial charge is 0.388 e. The fourth-order valence-electron chi connectivity index (χ4n) is 1.55. The minimum Gasteiger partial charge on any atom is -0.416 e. The van der Waals surface area contributed by atoms with Crippen LogP contribution in [0.4, 0.5) is 17.6 Å². The van der Waals surface area contributed by atoms with Gasteiger partial charge in [-0.05, 0) is 12.1 Å². The first kappa shape index (κ1) is 13.7. The Morgan fingerprint density at radius 3 is 2.58 bits per heavy atom. The van der Waals surface area contributed by atoms with Gasteiger partial charge < -0.3 is 4.74 Å². The normalized spacial score (nSPS) is 11.1. The summed E-state index contributed by atoms with van der Waals surface area (Å²) in [5.41, 5.74) is -0.205. The molecule has 1 aromatic heterocycles. The molecule has 0 aliphatic rings. The van der Waals surface area contributed by atoms with Crippen LogP contribution in [0.2, 0.25) is 5.02 Å². The van der Waals surface area contributed by atoms with Crippen molar-refractivity contribution in [2.45, 2.75) is 6.61 Å². The van der Waals surface area contributed by atoms with Gasteiger partial charge in [0.2, 0.25) is 5.88 Å². The number of halogens is 5. The average molecular weight is 295 g/mol. The summed E-state index contributed by atoms with van der Waals surface area (Å²) in [4.78, 5) is 0. The van der Waals surface area contributed by atoms with E-state index < -0.39 is 24.1 Å². The van der Waals surface area contributed by atoms with E-state index in [1.54, 1.807) is 0 Å². The standard InChI is InChI=1S/C11H7ClF4N2O/c1-18-10(19-11(15)16)8(12)9(17-18)6-3-2-5(13)4-7(6)14/h2-4,11H,1H3. The third-order valence-electron chi connectivity index (χ3n) is 2.33. The van der Waals surface area contributed by atoms with E-state index >= 15 is 0 Å². The van der Waals surface area contributed by atoms with Crippen LogP contribution in [0, 0.1) is 11.6 Å². The molecule has 0 aliphatic carbocycles. The van der Waals surface area contributed by atoms with Gasteiger partial charge in [-0.3, -0.25) is 0 Å². The summed E-state index contributed by atoms with van der Waals surface area (Å²) in [5.74, 6) is -2.06. The van der Waals surface area contributed by atoms with Crippen molar-refractivity contribution < 1.29 is 22.3 Å². The van der Waals surface area contributed by atoms with Gasteiger partial charge in [-0.1, -0.05) is 11.6 Å². The second-order valence-electron chi connectivity index (χ2n) is 3.59. The van der Waals surface area contributed by atoms with Crippen LogP contribution in [0.15, 0.2) is 18.2 Å². The van der Waals surface area contributed by atoms with E-state index in [4.69, 9.17) is 11.6 Å². The van der Waals surface area contributed by atoms with Crippen molar-refractivity contribution in [3.05, 3.63) is 34.9 Å². The van der Waals surface area contributed by atoms with E-state index in [1.165, 1.54) is 7.05 Å². The molecule has 0 amide bonds. The van der Waals surface area contributed by atoms with Gasteiger partial charge in [0.05, 0.1) is 0 Å². The lowest BCUT2D eigenvalue weighted by molar-refractivity contribution is -0.0552. The molecule has 8 heteroatoms. The highest BCUT2D eigenvalue weighted by Gasteiger charge is 2.22. The summed E-state index contributed by atoms with van der Waals surface area (Å²) in [7, 11) is 1.31. The first-order valence-electron chi connectivity index (χ1n) is 5.03. The van der Waals surface area contributed by atoms with Crippen LogP contribution in [0.1, 0.15) is 0 Å². The maximum absolute atomic E-state index is 13.6. The van der Waals surface area contributed by atoms with Gasteiger partial charge in [0.15, 0.2) is 0 Å². The van der Waals surface area contributed by atoms with Crippen LogP contribution in [-0.4, -0.2) is 16.4 Å². The van der Waals surface area contributed by atoms with Crippen LogP contribution < -0.4 is 4.74 Å². The fourth-order valence-corrected chi connectivity index (χ4v) is 1.86. The molecule has 0 atom stereocenters. The molecule has 2 rings (SSSR count). The van der Waals surface area contributed by atoms with Crippen LogP contribution >= 0.6 is 11.6 Å². The third-order valence-corrected chi connectivity index (χ3v) is 2.67. The monoisotopic (exact) mass is 294 g/mol. The Bertz CT molecular complexity index is 615. The quantitative estimate of drug-likeness (QED) is 0.809. The predicted octanol–water partition coefficient (Wildman–Crippen LogP) is 3.62. The van der Waals surface area contributed by atoms with Gasteiger partial charge in [0.1, 0.15) is 22.4 Å². The molecule has 1 heterocycles. The minimum absolute atomic E-state index is 0.0997. The summed E-state index contributed by atoms with van der Waals surface area (Å²) < 4.78 is 55.9. The molecule has 0 spiro atoms. The summed E-state index contributed by atoms with van der Waals surface area (Å²) in [5, 5.41) is 3.52. The highest BCUT2D eigenvalue weighted by atomic mass is 35.5. The number of ether oxygens (including phenoxy) is 1. The molecule has 0 aliphatic heterocycles. The SMILES string of the molecule is Cn1nc(-c2ccc(F)cc2F)c(Cl)c1OC(F)F. The fraction of sp³-hybridized carbons (Fsp3) is 0.182. The molecule has 0 fully saturated rings. The first-order chi connectivity index (χ1) is 8.90. The zero-order valence-corrected chi connectivity index (χ0v) is 10.3. The van der Waals surface area contributed by atoms with E-state index in [-0.39, 0.29) is 16.3 Å². The van der Waals surface area contributed by atoms with Gasteiger partial charge >= 0.3 is 6.61 Å². The summed E-state index contributed by atoms with van der Waals surface area (Å²) in [6, 6.07) is 2.77. The topological polar surface area (TPSA) is 27.1 Å². The molecule has 0 radical (unpaired) electrons. The number of benzene rings is 1. The molecular formula is C11H7ClF4N2O. The van der Waals surface area contributed by atoms with Crippen molar-refractivity contribution in [1.82, 2.24) is 9.78 Å². The Morgan fingerprint density at radius 2 is 2.00 bits per heavy atom. The Hall–Kier alpha value is -1.76. The van der Waals surface area contributed by atoms with E-state index in [9.17, 15) is 17.6 Å². The van der Waals surface area contributed by atoms with Crippen molar-refractivity contribution in [3.8, 4) is 17.1 Å². The minimum atomic E-state index is -3.08. The van der Waals surface area contributed by atoms with Gasteiger partial charge in [0.25, 0.3) is 0 Å². The number of hydrogen-bond acceptors (Lipinski definition) is 2. The Kier molecular flexibility index (Phi) is 3.66. The zero-order valence-electron chi connectivity index (χ0n) is 9.50. The molecule has 0 saturated carbocycles. The van der Waals surface area contributed by atoms with Crippen molar-refractivity contribution in [3.63, 3.8) is 0 Å². The van der Waals surface area contributed by atoms with Gasteiger partial charge in [-0.25, -0.2) is 13.5 Å². The number of aryl methyl sites for hydroxylation is 1. The lowest BCUT2D eigenvalue weighted by atomic mass is 10.1. The number of rotatable bonds is 3. The summed E-state index contributed by atoms with van der Waals surface area (Å²) in [6.45, 7) is -3.08. The Labute approximate surface area is 110 Å². The third kappa shape index (κ3) is 2.65. The van der Waals surface area contributed by atoms with E-state index in [2.05, 4.69) is 9.84 Å². The predicted molar refractivity (Wildman–Crippen MR) is 60.2 cm³/mol. The molecule has 102 valence electrons. The molecular weight excluding hydrogens is 288 g/mol. The Balaban J connectivity index is 2.51. The number of alkyl halides is 2. The van der Waals surface area contributed by atoms with Gasteiger partial charge in [0, 0.05) is 18.7 Å². The van der Waals surface area contributed by atoms with Crippen molar-refractivity contribution in [2.24, 2.45) is 7.05 Å². The zero-order chi connectivity index (χ0) is 14.2. The molecule has 0 unspecified atom stereocenters. The molecule has 2 aromatic rings. The highest BCUT2D eigenvalue weighted by Crippen LogP contribution is 2.36. The Morgan fingerprint density at radius 1 is 1.32 bits per heavy atom. The van der Waals surface area contributed by atoms with Crippen LogP contribution in [-0.2, 0) is 7.05 Å². The number of nitrogens with zero attached hydrogens (tertiary/aromatic N) is 2. The second-order valence-corrected chi connectivity index (χ2v) is 3.97. The van der Waals surface area contributed by atoms with E-state index in [1.807, 2.05) is 0 Å². The largest absolute Gasteiger partial charge is 0.416 e. The van der Waals surface area contributed by atoms with Crippen molar-refractivity contribution in [1.29, 1.82) is 0 Å². The van der Waals surface area contributed by atoms with Crippen LogP contribution in [0.5, 0.6) is 5.88 Å². The van der Waals surface area contributed by atoms with E-state index in [0.717, 1.165) is 16.8 Å². The van der Waals surface area contributed by atoms with Crippen LogP contribution in [0.3, 0.4) is 0 Å². The van der Waals surface area contributed by atoms with Crippen molar-refractivity contribution >= 4 is 11.6 Å². The molecule has 3 nitrogen and oxygen atoms in total. The number of hydrogen-bond donors (Lipinski definition) is 0. The molecule has 19 heavy (non-hydrogen) atoms. The first-order valence-corrected chi connectivity index (χ1v) is 5.40. The maximum Gasteiger partial charge on any atom is 0.388 e. The summed E-state index contributed by atoms with van der Waals surface area (Å²) in [6.07, 6.45) is 0. The highest BCUT2D eigenvalue weighted by molar-refractivity contribution is 6.34. The molecule has 0 saturated heterocycles. The average Bonchev–Trinajstić information content (AvgIpc) is 2.57. The van der Waals surface area contributed by atoms with E-state index in [0.29, 0.717) is 6.07 Å². The number of aromatic nitrogens is 2. The molecule has 0 N–H and O–H groups in total. The summed E-state index contributed by atoms with van der Waals surface area (Å²) >= 11 is 5.82. The lowest BCUT2D eigenvalue weighted by Gasteiger charge is -2.03. The van der Waals surface area contributed by atoms with Crippen LogP contribution in [0.25, 0.3) is 11.3 Å². The van der Waals surface area contributed by atoms with Gasteiger partial charge in [-0.15, -0.1) is 0 Å². The van der Waals surface area contributed by atoms with Gasteiger partial charge in [-0.2, -0.15) is 13.9 Å². The van der Waals surface area contributed by atoms with Crippen molar-refractivity contribution in [2.75, 3.05) is 0 Å². The molecule has 0 bridgehead atoms. The lowest BCUT2D eigenvalue weighted by Crippen LogP contribution is -2.06. The second kappa shape index (κ2) is 5.08. The molecule has 1 aromatic carbocycles.